The molecule has 4 nitrogen and oxygen atoms in total. The Morgan fingerprint density at radius 1 is 1.18 bits per heavy atom. The van der Waals surface area contributed by atoms with Crippen LogP contribution in [0, 0.1) is 23.7 Å². The maximum atomic E-state index is 12.1. The van der Waals surface area contributed by atoms with Gasteiger partial charge in [0.15, 0.2) is 0 Å². The van der Waals surface area contributed by atoms with Crippen molar-refractivity contribution in [1.29, 1.82) is 0 Å². The number of rotatable bonds is 2. The van der Waals surface area contributed by atoms with E-state index in [1.807, 2.05) is 0 Å². The standard InChI is InChI=1S/C11H15ClO4S/c1-17(14,15)16-11-6-2-5-3-8(11)10(13)7(4-6)9(5)12/h5-9,11H,2-4H2,1H3/t5?,6?,7?,8?,9-,11-/m0/s1. The molecule has 0 heterocycles. The van der Waals surface area contributed by atoms with E-state index in [4.69, 9.17) is 15.8 Å². The van der Waals surface area contributed by atoms with Gasteiger partial charge >= 0.3 is 0 Å². The second-order valence-corrected chi connectivity index (χ2v) is 7.66. The minimum Gasteiger partial charge on any atom is -0.299 e. The summed E-state index contributed by atoms with van der Waals surface area (Å²) in [5.74, 6) is 0.348. The molecule has 0 aromatic heterocycles. The number of alkyl halides is 1. The Bertz CT molecular complexity index is 460. The number of halogens is 1. The second-order valence-electron chi connectivity index (χ2n) is 5.55. The summed E-state index contributed by atoms with van der Waals surface area (Å²) in [5, 5.41) is -0.0471. The van der Waals surface area contributed by atoms with E-state index in [0.717, 1.165) is 12.7 Å². The van der Waals surface area contributed by atoms with Crippen molar-refractivity contribution in [2.45, 2.75) is 30.7 Å². The zero-order valence-electron chi connectivity index (χ0n) is 9.50. The third-order valence-electron chi connectivity index (χ3n) is 4.43. The molecule has 4 aliphatic carbocycles. The highest BCUT2D eigenvalue weighted by atomic mass is 35.5. The first-order valence-corrected chi connectivity index (χ1v) is 8.18. The van der Waals surface area contributed by atoms with E-state index in [2.05, 4.69) is 0 Å². The first kappa shape index (κ1) is 11.9. The van der Waals surface area contributed by atoms with Crippen molar-refractivity contribution in [2.75, 3.05) is 6.26 Å². The van der Waals surface area contributed by atoms with Gasteiger partial charge < -0.3 is 0 Å². The quantitative estimate of drug-likeness (QED) is 0.562. The van der Waals surface area contributed by atoms with Crippen molar-refractivity contribution in [3.8, 4) is 0 Å². The van der Waals surface area contributed by atoms with Gasteiger partial charge in [-0.25, -0.2) is 0 Å². The van der Waals surface area contributed by atoms with Crippen LogP contribution in [0.25, 0.3) is 0 Å². The van der Waals surface area contributed by atoms with Gasteiger partial charge in [0.1, 0.15) is 5.78 Å². The number of hydrogen-bond donors (Lipinski definition) is 0. The predicted octanol–water partition coefficient (Wildman–Crippen LogP) is 1.18. The lowest BCUT2D eigenvalue weighted by molar-refractivity contribution is -0.150. The van der Waals surface area contributed by atoms with Crippen molar-refractivity contribution < 1.29 is 17.4 Å². The SMILES string of the molecule is CS(=O)(=O)O[C@H]1C2CC3CC1C(=O)C(C2)[C@H]3Cl. The van der Waals surface area contributed by atoms with Gasteiger partial charge in [-0.1, -0.05) is 0 Å². The van der Waals surface area contributed by atoms with E-state index in [-0.39, 0.29) is 28.9 Å². The second kappa shape index (κ2) is 3.68. The molecule has 0 saturated heterocycles. The molecule has 4 bridgehead atoms. The number of ketones is 1. The molecule has 0 aromatic rings. The summed E-state index contributed by atoms with van der Waals surface area (Å²) in [6.07, 6.45) is 2.90. The van der Waals surface area contributed by atoms with Crippen molar-refractivity contribution in [3.05, 3.63) is 0 Å². The van der Waals surface area contributed by atoms with E-state index in [1.165, 1.54) is 0 Å². The number of carbonyl (C=O) groups excluding carboxylic acids is 1. The van der Waals surface area contributed by atoms with Crippen LogP contribution in [0.4, 0.5) is 0 Å². The summed E-state index contributed by atoms with van der Waals surface area (Å²) in [7, 11) is -3.49. The Morgan fingerprint density at radius 2 is 1.82 bits per heavy atom. The van der Waals surface area contributed by atoms with Crippen LogP contribution in [0.3, 0.4) is 0 Å². The Morgan fingerprint density at radius 3 is 2.47 bits per heavy atom. The molecule has 0 N–H and O–H groups in total. The van der Waals surface area contributed by atoms with Gasteiger partial charge in [0.25, 0.3) is 10.1 Å². The summed E-state index contributed by atoms with van der Waals surface area (Å²) in [6.45, 7) is 0. The largest absolute Gasteiger partial charge is 0.299 e. The van der Waals surface area contributed by atoms with Crippen molar-refractivity contribution in [1.82, 2.24) is 0 Å². The first-order chi connectivity index (χ1) is 7.87. The van der Waals surface area contributed by atoms with E-state index in [9.17, 15) is 13.2 Å². The Balaban J connectivity index is 1.89. The molecule has 6 atom stereocenters. The van der Waals surface area contributed by atoms with Crippen LogP contribution in [-0.4, -0.2) is 31.9 Å². The Hall–Kier alpha value is -0.130. The fraction of sp³-hybridized carbons (Fsp3) is 0.909. The van der Waals surface area contributed by atoms with Crippen molar-refractivity contribution in [3.63, 3.8) is 0 Å². The monoisotopic (exact) mass is 278 g/mol. The Kier molecular flexibility index (Phi) is 2.58. The molecule has 0 amide bonds. The van der Waals surface area contributed by atoms with Gasteiger partial charge in [-0.2, -0.15) is 8.42 Å². The first-order valence-electron chi connectivity index (χ1n) is 5.93. The van der Waals surface area contributed by atoms with Gasteiger partial charge in [-0.05, 0) is 31.1 Å². The van der Waals surface area contributed by atoms with Crippen LogP contribution in [0.1, 0.15) is 19.3 Å². The molecule has 0 aliphatic heterocycles. The molecule has 4 saturated carbocycles. The van der Waals surface area contributed by atoms with Crippen molar-refractivity contribution >= 4 is 27.5 Å². The molecule has 4 fully saturated rings. The molecule has 0 radical (unpaired) electrons. The third kappa shape index (κ3) is 1.83. The van der Waals surface area contributed by atoms with Crippen LogP contribution < -0.4 is 0 Å². The van der Waals surface area contributed by atoms with Crippen LogP contribution in [0.5, 0.6) is 0 Å². The molecule has 4 rings (SSSR count). The van der Waals surface area contributed by atoms with E-state index in [0.29, 0.717) is 18.8 Å². The lowest BCUT2D eigenvalue weighted by Crippen LogP contribution is -2.59. The summed E-state index contributed by atoms with van der Waals surface area (Å²) < 4.78 is 27.6. The molecule has 17 heavy (non-hydrogen) atoms. The molecule has 0 aromatic carbocycles. The number of hydrogen-bond acceptors (Lipinski definition) is 4. The molecule has 96 valence electrons. The van der Waals surface area contributed by atoms with E-state index in [1.54, 1.807) is 0 Å². The summed E-state index contributed by atoms with van der Waals surface area (Å²) in [5.41, 5.74) is 0. The summed E-state index contributed by atoms with van der Waals surface area (Å²) >= 11 is 6.27. The minimum atomic E-state index is -3.49. The Labute approximate surface area is 106 Å². The number of Topliss-reactive ketones (excluding diaryl/α,β-unsaturated/α-hetero) is 1. The van der Waals surface area contributed by atoms with E-state index < -0.39 is 16.2 Å². The smallest absolute Gasteiger partial charge is 0.264 e. The highest BCUT2D eigenvalue weighted by Crippen LogP contribution is 2.54. The van der Waals surface area contributed by atoms with Crippen LogP contribution >= 0.6 is 11.6 Å². The zero-order valence-corrected chi connectivity index (χ0v) is 11.1. The van der Waals surface area contributed by atoms with Crippen molar-refractivity contribution in [2.24, 2.45) is 23.7 Å². The zero-order chi connectivity index (χ0) is 12.4. The van der Waals surface area contributed by atoms with Crippen LogP contribution in [-0.2, 0) is 19.1 Å². The maximum Gasteiger partial charge on any atom is 0.264 e. The predicted molar refractivity (Wildman–Crippen MR) is 62.2 cm³/mol. The maximum absolute atomic E-state index is 12.1. The van der Waals surface area contributed by atoms with Gasteiger partial charge in [0.05, 0.1) is 12.4 Å². The van der Waals surface area contributed by atoms with Crippen LogP contribution in [0.15, 0.2) is 0 Å². The van der Waals surface area contributed by atoms with Gasteiger partial charge in [-0.3, -0.25) is 8.98 Å². The van der Waals surface area contributed by atoms with E-state index >= 15 is 0 Å². The molecule has 6 heteroatoms. The number of carbonyl (C=O) groups is 1. The highest BCUT2D eigenvalue weighted by molar-refractivity contribution is 7.86. The molecular formula is C11H15ClO4S. The summed E-state index contributed by atoms with van der Waals surface area (Å²) in [4.78, 5) is 12.1. The van der Waals surface area contributed by atoms with Gasteiger partial charge in [0, 0.05) is 17.2 Å². The lowest BCUT2D eigenvalue weighted by atomic mass is 9.54. The third-order valence-corrected chi connectivity index (χ3v) is 5.66. The summed E-state index contributed by atoms with van der Waals surface area (Å²) in [6, 6.07) is 0. The minimum absolute atomic E-state index is 0.0471. The lowest BCUT2D eigenvalue weighted by Gasteiger charge is -2.54. The molecule has 0 spiro atoms. The fourth-order valence-corrected chi connectivity index (χ4v) is 4.98. The fourth-order valence-electron chi connectivity index (χ4n) is 3.86. The topological polar surface area (TPSA) is 60.4 Å². The highest BCUT2D eigenvalue weighted by Gasteiger charge is 2.58. The van der Waals surface area contributed by atoms with Crippen LogP contribution in [0.2, 0.25) is 0 Å². The average molecular weight is 279 g/mol. The van der Waals surface area contributed by atoms with Gasteiger partial charge in [0.2, 0.25) is 0 Å². The normalized spacial score (nSPS) is 48.7. The molecular weight excluding hydrogens is 264 g/mol. The molecule has 4 unspecified atom stereocenters. The average Bonchev–Trinajstić information content (AvgIpc) is 2.20. The van der Waals surface area contributed by atoms with Gasteiger partial charge in [-0.15, -0.1) is 11.6 Å². The molecule has 4 aliphatic rings.